The number of hydrogen-bond donors (Lipinski definition) is 2. The highest BCUT2D eigenvalue weighted by molar-refractivity contribution is 6.06. The van der Waals surface area contributed by atoms with E-state index in [0.717, 1.165) is 13.1 Å². The molecule has 20 heavy (non-hydrogen) atoms. The fourth-order valence-electron chi connectivity index (χ4n) is 2.84. The molecule has 0 aliphatic carbocycles. The smallest absolute Gasteiger partial charge is 0.324 e. The van der Waals surface area contributed by atoms with E-state index in [1.54, 1.807) is 13.8 Å². The lowest BCUT2D eigenvalue weighted by Crippen LogP contribution is -2.45. The van der Waals surface area contributed by atoms with Gasteiger partial charge in [-0.2, -0.15) is 0 Å². The van der Waals surface area contributed by atoms with Crippen molar-refractivity contribution in [3.63, 3.8) is 0 Å². The lowest BCUT2D eigenvalue weighted by molar-refractivity contribution is -0.130. The van der Waals surface area contributed by atoms with Crippen LogP contribution in [0.2, 0.25) is 0 Å². The van der Waals surface area contributed by atoms with Crippen molar-refractivity contribution in [3.8, 4) is 0 Å². The maximum Gasteiger partial charge on any atom is 0.325 e. The number of nitrogens with zero attached hydrogens (tertiary/aromatic N) is 2. The summed E-state index contributed by atoms with van der Waals surface area (Å²) in [5.41, 5.74) is -0.763. The molecule has 2 aliphatic heterocycles. The van der Waals surface area contributed by atoms with E-state index >= 15 is 0 Å². The molecule has 2 saturated heterocycles. The average Bonchev–Trinajstić information content (AvgIpc) is 2.58. The van der Waals surface area contributed by atoms with E-state index in [1.165, 1.54) is 24.2 Å². The predicted octanol–water partition coefficient (Wildman–Crippen LogP) is 0.391. The molecule has 0 aromatic rings. The van der Waals surface area contributed by atoms with E-state index in [2.05, 4.69) is 15.5 Å². The van der Waals surface area contributed by atoms with Crippen molar-refractivity contribution in [2.24, 2.45) is 0 Å². The van der Waals surface area contributed by atoms with E-state index in [0.29, 0.717) is 19.1 Å². The normalized spacial score (nSPS) is 26.2. The zero-order valence-electron chi connectivity index (χ0n) is 12.7. The van der Waals surface area contributed by atoms with Crippen molar-refractivity contribution >= 4 is 11.9 Å². The Kier molecular flexibility index (Phi) is 4.65. The van der Waals surface area contributed by atoms with Crippen LogP contribution in [-0.2, 0) is 4.79 Å². The van der Waals surface area contributed by atoms with E-state index in [1.807, 2.05) is 7.05 Å². The van der Waals surface area contributed by atoms with E-state index < -0.39 is 5.54 Å². The summed E-state index contributed by atoms with van der Waals surface area (Å²) >= 11 is 0. The van der Waals surface area contributed by atoms with Crippen molar-refractivity contribution in [2.45, 2.75) is 44.7 Å². The number of amides is 3. The SMILES string of the molecule is CN(CCN1C(=O)NC(C)(C)C1=O)CC1CCCCN1. The summed E-state index contributed by atoms with van der Waals surface area (Å²) in [6, 6.07) is 0.262. The zero-order valence-corrected chi connectivity index (χ0v) is 12.7. The second-order valence-electron chi connectivity index (χ2n) is 6.42. The van der Waals surface area contributed by atoms with Crippen LogP contribution in [0, 0.1) is 0 Å². The largest absolute Gasteiger partial charge is 0.325 e. The predicted molar refractivity (Wildman–Crippen MR) is 77.5 cm³/mol. The molecule has 2 fully saturated rings. The van der Waals surface area contributed by atoms with Gasteiger partial charge in [-0.15, -0.1) is 0 Å². The number of hydrogen-bond acceptors (Lipinski definition) is 4. The summed E-state index contributed by atoms with van der Waals surface area (Å²) < 4.78 is 0. The highest BCUT2D eigenvalue weighted by atomic mass is 16.2. The van der Waals surface area contributed by atoms with Gasteiger partial charge in [0.15, 0.2) is 0 Å². The molecule has 3 amide bonds. The van der Waals surface area contributed by atoms with Gasteiger partial charge < -0.3 is 15.5 Å². The van der Waals surface area contributed by atoms with Crippen LogP contribution in [0.25, 0.3) is 0 Å². The summed E-state index contributed by atoms with van der Waals surface area (Å²) in [4.78, 5) is 27.3. The van der Waals surface area contributed by atoms with Crippen molar-refractivity contribution in [1.82, 2.24) is 20.4 Å². The Morgan fingerprint density at radius 1 is 1.35 bits per heavy atom. The van der Waals surface area contributed by atoms with Crippen molar-refractivity contribution in [2.75, 3.05) is 33.2 Å². The Balaban J connectivity index is 1.77. The van der Waals surface area contributed by atoms with E-state index in [4.69, 9.17) is 0 Å². The number of nitrogens with one attached hydrogen (secondary N) is 2. The quantitative estimate of drug-likeness (QED) is 0.716. The van der Waals surface area contributed by atoms with Crippen LogP contribution >= 0.6 is 0 Å². The molecule has 1 unspecified atom stereocenters. The van der Waals surface area contributed by atoms with Gasteiger partial charge in [-0.05, 0) is 40.3 Å². The van der Waals surface area contributed by atoms with Crippen molar-refractivity contribution < 1.29 is 9.59 Å². The summed E-state index contributed by atoms with van der Waals surface area (Å²) in [6.07, 6.45) is 3.75. The Morgan fingerprint density at radius 2 is 2.10 bits per heavy atom. The molecule has 0 radical (unpaired) electrons. The van der Waals surface area contributed by atoms with Crippen LogP contribution in [0.4, 0.5) is 4.79 Å². The molecule has 0 bridgehead atoms. The van der Waals surface area contributed by atoms with Crippen LogP contribution in [0.1, 0.15) is 33.1 Å². The molecule has 0 aromatic carbocycles. The standard InChI is InChI=1S/C14H26N4O2/c1-14(2)12(19)18(13(20)16-14)9-8-17(3)10-11-6-4-5-7-15-11/h11,15H,4-10H2,1-3H3,(H,16,20). The van der Waals surface area contributed by atoms with Gasteiger partial charge in [0.25, 0.3) is 5.91 Å². The molecular formula is C14H26N4O2. The molecule has 0 saturated carbocycles. The lowest BCUT2D eigenvalue weighted by Gasteiger charge is -2.28. The van der Waals surface area contributed by atoms with Gasteiger partial charge in [0, 0.05) is 25.7 Å². The monoisotopic (exact) mass is 282 g/mol. The molecule has 2 aliphatic rings. The maximum absolute atomic E-state index is 12.1. The molecule has 1 atom stereocenters. The molecule has 0 aromatic heterocycles. The summed E-state index contributed by atoms with van der Waals surface area (Å²) in [5.74, 6) is -0.133. The number of piperidine rings is 1. The molecular weight excluding hydrogens is 256 g/mol. The Bertz CT molecular complexity index is 377. The molecule has 6 nitrogen and oxygen atoms in total. The van der Waals surface area contributed by atoms with Gasteiger partial charge in [0.2, 0.25) is 0 Å². The average molecular weight is 282 g/mol. The number of urea groups is 1. The minimum absolute atomic E-state index is 0.133. The zero-order chi connectivity index (χ0) is 14.8. The number of carbonyl (C=O) groups excluding carboxylic acids is 2. The number of rotatable bonds is 5. The Morgan fingerprint density at radius 3 is 2.65 bits per heavy atom. The molecule has 2 rings (SSSR count). The first-order chi connectivity index (χ1) is 9.40. The lowest BCUT2D eigenvalue weighted by atomic mass is 10.0. The van der Waals surface area contributed by atoms with Gasteiger partial charge in [0.1, 0.15) is 5.54 Å². The molecule has 0 spiro atoms. The summed E-state index contributed by atoms with van der Waals surface area (Å²) in [7, 11) is 2.04. The highest BCUT2D eigenvalue weighted by Gasteiger charge is 2.43. The Hall–Kier alpha value is -1.14. The molecule has 6 heteroatoms. The first-order valence-corrected chi connectivity index (χ1v) is 7.46. The van der Waals surface area contributed by atoms with E-state index in [-0.39, 0.29) is 11.9 Å². The third-order valence-corrected chi connectivity index (χ3v) is 4.09. The fraction of sp³-hybridized carbons (Fsp3) is 0.857. The topological polar surface area (TPSA) is 64.7 Å². The van der Waals surface area contributed by atoms with Crippen LogP contribution < -0.4 is 10.6 Å². The second-order valence-corrected chi connectivity index (χ2v) is 6.42. The number of likely N-dealkylation sites (N-methyl/N-ethyl adjacent to an activating group) is 1. The van der Waals surface area contributed by atoms with Gasteiger partial charge in [-0.3, -0.25) is 9.69 Å². The van der Waals surface area contributed by atoms with Crippen LogP contribution in [0.15, 0.2) is 0 Å². The van der Waals surface area contributed by atoms with Crippen LogP contribution in [-0.4, -0.2) is 66.5 Å². The Labute approximate surface area is 120 Å². The maximum atomic E-state index is 12.1. The number of imide groups is 1. The van der Waals surface area contributed by atoms with Gasteiger partial charge in [0.05, 0.1) is 0 Å². The van der Waals surface area contributed by atoms with Gasteiger partial charge >= 0.3 is 6.03 Å². The summed E-state index contributed by atoms with van der Waals surface area (Å²) in [6.45, 7) is 6.71. The third kappa shape index (κ3) is 3.49. The first-order valence-electron chi connectivity index (χ1n) is 7.46. The van der Waals surface area contributed by atoms with E-state index in [9.17, 15) is 9.59 Å². The van der Waals surface area contributed by atoms with Crippen LogP contribution in [0.5, 0.6) is 0 Å². The van der Waals surface area contributed by atoms with Gasteiger partial charge in [-0.25, -0.2) is 4.79 Å². The molecule has 2 heterocycles. The fourth-order valence-corrected chi connectivity index (χ4v) is 2.84. The molecule has 2 N–H and O–H groups in total. The summed E-state index contributed by atoms with van der Waals surface area (Å²) in [5, 5.41) is 6.21. The second kappa shape index (κ2) is 6.10. The molecule has 114 valence electrons. The van der Waals surface area contributed by atoms with Crippen molar-refractivity contribution in [1.29, 1.82) is 0 Å². The van der Waals surface area contributed by atoms with Crippen LogP contribution in [0.3, 0.4) is 0 Å². The minimum atomic E-state index is -0.763. The third-order valence-electron chi connectivity index (χ3n) is 4.09. The minimum Gasteiger partial charge on any atom is -0.324 e. The van der Waals surface area contributed by atoms with Gasteiger partial charge in [-0.1, -0.05) is 6.42 Å². The number of carbonyl (C=O) groups is 2. The van der Waals surface area contributed by atoms with Crippen molar-refractivity contribution in [3.05, 3.63) is 0 Å². The first kappa shape index (κ1) is 15.3. The highest BCUT2D eigenvalue weighted by Crippen LogP contribution is 2.16.